The summed E-state index contributed by atoms with van der Waals surface area (Å²) in [4.78, 5) is 4.70. The van der Waals surface area contributed by atoms with Crippen molar-refractivity contribution >= 4 is 22.6 Å². The van der Waals surface area contributed by atoms with Crippen molar-refractivity contribution < 1.29 is 0 Å². The molecule has 1 aromatic heterocycles. The average molecular weight is 263 g/mol. The van der Waals surface area contributed by atoms with Gasteiger partial charge in [0.25, 0.3) is 0 Å². The third-order valence-electron chi connectivity index (χ3n) is 4.15. The van der Waals surface area contributed by atoms with Crippen LogP contribution in [0.15, 0.2) is 18.2 Å². The molecule has 0 saturated heterocycles. The zero-order chi connectivity index (χ0) is 12.9. The van der Waals surface area contributed by atoms with Gasteiger partial charge in [0, 0.05) is 5.54 Å². The van der Waals surface area contributed by atoms with Crippen LogP contribution in [0.25, 0.3) is 11.0 Å². The van der Waals surface area contributed by atoms with Gasteiger partial charge >= 0.3 is 0 Å². The zero-order valence-corrected chi connectivity index (χ0v) is 12.0. The molecule has 1 heterocycles. The Morgan fingerprint density at radius 2 is 2.11 bits per heavy atom. The number of aryl methyl sites for hydroxylation is 1. The second-order valence-corrected chi connectivity index (χ2v) is 6.18. The van der Waals surface area contributed by atoms with Crippen LogP contribution in [0.1, 0.15) is 38.1 Å². The van der Waals surface area contributed by atoms with E-state index < -0.39 is 0 Å². The summed E-state index contributed by atoms with van der Waals surface area (Å²) in [5, 5.41) is 0. The molecule has 0 aliphatic heterocycles. The van der Waals surface area contributed by atoms with Gasteiger partial charge in [0.15, 0.2) is 0 Å². The third kappa shape index (κ3) is 1.74. The predicted octanol–water partition coefficient (Wildman–Crippen LogP) is 4.23. The Hall–Kier alpha value is -1.02. The van der Waals surface area contributed by atoms with Crippen molar-refractivity contribution in [2.75, 3.05) is 0 Å². The molecule has 1 aliphatic carbocycles. The minimum absolute atomic E-state index is 0.119. The van der Waals surface area contributed by atoms with E-state index in [2.05, 4.69) is 43.5 Å². The number of alkyl halides is 1. The summed E-state index contributed by atoms with van der Waals surface area (Å²) in [6, 6.07) is 6.48. The first-order valence-electron chi connectivity index (χ1n) is 6.58. The van der Waals surface area contributed by atoms with Crippen LogP contribution in [-0.4, -0.2) is 9.55 Å². The molecule has 0 N–H and O–H groups in total. The smallest absolute Gasteiger partial charge is 0.125 e. The number of benzene rings is 1. The van der Waals surface area contributed by atoms with Crippen molar-refractivity contribution in [1.29, 1.82) is 0 Å². The first-order valence-corrected chi connectivity index (χ1v) is 7.12. The number of hydrogen-bond acceptors (Lipinski definition) is 1. The fourth-order valence-corrected chi connectivity index (χ4v) is 3.12. The van der Waals surface area contributed by atoms with Gasteiger partial charge in [-0.25, -0.2) is 4.98 Å². The van der Waals surface area contributed by atoms with Crippen LogP contribution in [0.5, 0.6) is 0 Å². The highest BCUT2D eigenvalue weighted by atomic mass is 35.5. The quantitative estimate of drug-likeness (QED) is 0.757. The van der Waals surface area contributed by atoms with Crippen molar-refractivity contribution in [2.45, 2.75) is 45.0 Å². The fourth-order valence-electron chi connectivity index (χ4n) is 2.95. The van der Waals surface area contributed by atoms with Gasteiger partial charge < -0.3 is 4.57 Å². The van der Waals surface area contributed by atoms with Gasteiger partial charge in [0.1, 0.15) is 5.82 Å². The summed E-state index contributed by atoms with van der Waals surface area (Å²) < 4.78 is 2.35. The zero-order valence-electron chi connectivity index (χ0n) is 11.2. The largest absolute Gasteiger partial charge is 0.321 e. The maximum Gasteiger partial charge on any atom is 0.125 e. The summed E-state index contributed by atoms with van der Waals surface area (Å²) in [6.07, 6.45) is 2.64. The summed E-state index contributed by atoms with van der Waals surface area (Å²) in [6.45, 7) is 6.72. The van der Waals surface area contributed by atoms with E-state index in [9.17, 15) is 0 Å². The number of rotatable bonds is 3. The number of hydrogen-bond donors (Lipinski definition) is 0. The van der Waals surface area contributed by atoms with Crippen LogP contribution in [0.3, 0.4) is 0 Å². The lowest BCUT2D eigenvalue weighted by Crippen LogP contribution is -2.30. The maximum absolute atomic E-state index is 6.09. The van der Waals surface area contributed by atoms with Crippen molar-refractivity contribution in [3.8, 4) is 0 Å². The lowest BCUT2D eigenvalue weighted by atomic mass is 9.97. The molecule has 0 radical (unpaired) electrons. The standard InChI is InChI=1S/C15H19ClN2/c1-10-4-7-13-12(8-10)17-14(9-16)18(13)15(2,3)11-5-6-11/h4,7-8,11H,5-6,9H2,1-3H3. The number of aromatic nitrogens is 2. The van der Waals surface area contributed by atoms with E-state index in [4.69, 9.17) is 16.6 Å². The first kappa shape index (κ1) is 12.0. The molecule has 96 valence electrons. The third-order valence-corrected chi connectivity index (χ3v) is 4.39. The first-order chi connectivity index (χ1) is 8.54. The van der Waals surface area contributed by atoms with Crippen molar-refractivity contribution in [3.63, 3.8) is 0 Å². The van der Waals surface area contributed by atoms with Crippen molar-refractivity contribution in [2.24, 2.45) is 5.92 Å². The Labute approximate surface area is 113 Å². The molecule has 18 heavy (non-hydrogen) atoms. The minimum Gasteiger partial charge on any atom is -0.321 e. The summed E-state index contributed by atoms with van der Waals surface area (Å²) in [5.41, 5.74) is 3.65. The van der Waals surface area contributed by atoms with Crippen molar-refractivity contribution in [3.05, 3.63) is 29.6 Å². The van der Waals surface area contributed by atoms with E-state index in [1.54, 1.807) is 0 Å². The minimum atomic E-state index is 0.119. The Kier molecular flexibility index (Phi) is 2.67. The summed E-state index contributed by atoms with van der Waals surface area (Å²) >= 11 is 6.09. The molecule has 0 bridgehead atoms. The lowest BCUT2D eigenvalue weighted by Gasteiger charge is -2.29. The molecule has 1 aliphatic rings. The van der Waals surface area contributed by atoms with Gasteiger partial charge in [0.2, 0.25) is 0 Å². The molecule has 2 nitrogen and oxygen atoms in total. The topological polar surface area (TPSA) is 17.8 Å². The van der Waals surface area contributed by atoms with Crippen LogP contribution < -0.4 is 0 Å². The van der Waals surface area contributed by atoms with E-state index in [-0.39, 0.29) is 5.54 Å². The molecule has 1 fully saturated rings. The highest BCUT2D eigenvalue weighted by molar-refractivity contribution is 6.16. The fraction of sp³-hybridized carbons (Fsp3) is 0.533. The second kappa shape index (κ2) is 3.99. The molecule has 0 unspecified atom stereocenters. The van der Waals surface area contributed by atoms with Gasteiger partial charge in [-0.1, -0.05) is 6.07 Å². The van der Waals surface area contributed by atoms with Gasteiger partial charge in [-0.15, -0.1) is 11.6 Å². The summed E-state index contributed by atoms with van der Waals surface area (Å²) in [7, 11) is 0. The van der Waals surface area contributed by atoms with Crippen LogP contribution in [0.4, 0.5) is 0 Å². The van der Waals surface area contributed by atoms with Gasteiger partial charge in [-0.05, 0) is 57.2 Å². The van der Waals surface area contributed by atoms with Crippen molar-refractivity contribution in [1.82, 2.24) is 9.55 Å². The number of halogens is 1. The van der Waals surface area contributed by atoms with Crippen LogP contribution in [0, 0.1) is 12.8 Å². The number of fused-ring (bicyclic) bond motifs is 1. The van der Waals surface area contributed by atoms with E-state index >= 15 is 0 Å². The molecule has 0 amide bonds. The molecule has 3 heteroatoms. The van der Waals surface area contributed by atoms with E-state index in [0.29, 0.717) is 5.88 Å². The molecule has 1 aromatic carbocycles. The van der Waals surface area contributed by atoms with Gasteiger partial charge in [-0.3, -0.25) is 0 Å². The molecule has 2 aromatic rings. The molecular weight excluding hydrogens is 244 g/mol. The molecule has 3 rings (SSSR count). The highest BCUT2D eigenvalue weighted by Crippen LogP contribution is 2.45. The number of imidazole rings is 1. The molecule has 0 atom stereocenters. The lowest BCUT2D eigenvalue weighted by molar-refractivity contribution is 0.306. The van der Waals surface area contributed by atoms with Crippen LogP contribution in [0.2, 0.25) is 0 Å². The Morgan fingerprint density at radius 1 is 1.39 bits per heavy atom. The van der Waals surface area contributed by atoms with E-state index in [1.807, 2.05) is 0 Å². The van der Waals surface area contributed by atoms with Crippen LogP contribution in [-0.2, 0) is 11.4 Å². The predicted molar refractivity (Wildman–Crippen MR) is 76.1 cm³/mol. The monoisotopic (exact) mass is 262 g/mol. The summed E-state index contributed by atoms with van der Waals surface area (Å²) in [5.74, 6) is 2.23. The van der Waals surface area contributed by atoms with E-state index in [0.717, 1.165) is 17.3 Å². The molecule has 1 saturated carbocycles. The maximum atomic E-state index is 6.09. The average Bonchev–Trinajstić information content (AvgIpc) is 3.10. The van der Waals surface area contributed by atoms with Crippen LogP contribution >= 0.6 is 11.6 Å². The molecule has 0 spiro atoms. The Bertz CT molecular complexity index is 594. The second-order valence-electron chi connectivity index (χ2n) is 5.92. The molecular formula is C15H19ClN2. The number of nitrogens with zero attached hydrogens (tertiary/aromatic N) is 2. The van der Waals surface area contributed by atoms with Gasteiger partial charge in [-0.2, -0.15) is 0 Å². The highest BCUT2D eigenvalue weighted by Gasteiger charge is 2.40. The normalized spacial score (nSPS) is 16.4. The Morgan fingerprint density at radius 3 is 2.72 bits per heavy atom. The van der Waals surface area contributed by atoms with E-state index in [1.165, 1.54) is 23.9 Å². The Balaban J connectivity index is 2.25. The SMILES string of the molecule is Cc1ccc2c(c1)nc(CCl)n2C(C)(C)C1CC1. The van der Waals surface area contributed by atoms with Gasteiger partial charge in [0.05, 0.1) is 16.9 Å².